The molecule has 2 aromatic heterocycles. The van der Waals surface area contributed by atoms with E-state index < -0.39 is 0 Å². The molecule has 0 atom stereocenters. The smallest absolute Gasteiger partial charge is 0.231 e. The number of carbonyl (C=O) groups is 1. The summed E-state index contributed by atoms with van der Waals surface area (Å²) in [6.07, 6.45) is 0.198. The number of aromatic nitrogens is 4. The van der Waals surface area contributed by atoms with Crippen LogP contribution < -0.4 is 24.7 Å². The summed E-state index contributed by atoms with van der Waals surface area (Å²) in [4.78, 5) is 16.8. The van der Waals surface area contributed by atoms with Crippen molar-refractivity contribution < 1.29 is 19.0 Å². The lowest BCUT2D eigenvalue weighted by molar-refractivity contribution is -0.116. The molecule has 1 aliphatic heterocycles. The van der Waals surface area contributed by atoms with Crippen LogP contribution >= 0.6 is 0 Å². The maximum absolute atomic E-state index is 12.3. The van der Waals surface area contributed by atoms with Crippen molar-refractivity contribution in [2.24, 2.45) is 0 Å². The van der Waals surface area contributed by atoms with E-state index in [1.807, 2.05) is 31.2 Å². The van der Waals surface area contributed by atoms with Crippen LogP contribution in [-0.2, 0) is 4.79 Å². The first-order chi connectivity index (χ1) is 15.1. The molecular weight excluding hydrogens is 398 g/mol. The molecule has 1 N–H and O–H groups in total. The minimum Gasteiger partial charge on any atom is -0.493 e. The quantitative estimate of drug-likeness (QED) is 0.514. The Morgan fingerprint density at radius 2 is 2.06 bits per heavy atom. The highest BCUT2D eigenvalue weighted by Crippen LogP contribution is 2.35. The van der Waals surface area contributed by atoms with Crippen LogP contribution in [0.2, 0.25) is 0 Å². The van der Waals surface area contributed by atoms with Crippen LogP contribution in [0.4, 0.5) is 5.69 Å². The van der Waals surface area contributed by atoms with Crippen LogP contribution in [0.5, 0.6) is 17.2 Å². The Morgan fingerprint density at radius 3 is 2.94 bits per heavy atom. The summed E-state index contributed by atoms with van der Waals surface area (Å²) in [7, 11) is 0. The third-order valence-electron chi connectivity index (χ3n) is 4.89. The van der Waals surface area contributed by atoms with E-state index >= 15 is 0 Å². The van der Waals surface area contributed by atoms with Gasteiger partial charge in [0.1, 0.15) is 5.75 Å². The van der Waals surface area contributed by atoms with Gasteiger partial charge in [-0.2, -0.15) is 5.10 Å². The fourth-order valence-corrected chi connectivity index (χ4v) is 3.24. The number of anilines is 1. The SMILES string of the molecule is C=c1c(C)nn2nc(-c3cccc(NC(=O)CCOc4ccc5c(c4)OCO5)c3)nc12. The number of amides is 1. The van der Waals surface area contributed by atoms with Crippen molar-refractivity contribution in [3.05, 3.63) is 53.4 Å². The number of rotatable bonds is 6. The fraction of sp³-hybridized carbons (Fsp3) is 0.182. The first-order valence-corrected chi connectivity index (χ1v) is 9.72. The highest BCUT2D eigenvalue weighted by atomic mass is 16.7. The van der Waals surface area contributed by atoms with Gasteiger partial charge in [-0.15, -0.1) is 9.73 Å². The standard InChI is InChI=1S/C22H19N5O4/c1-13-14(2)25-27-22(13)24-21(26-27)15-4-3-5-16(10-15)23-20(28)8-9-29-17-6-7-18-19(11-17)31-12-30-18/h3-7,10-11H,1,8-9,12H2,2H3,(H,23,28). The average molecular weight is 417 g/mol. The minimum absolute atomic E-state index is 0.160. The van der Waals surface area contributed by atoms with E-state index in [0.29, 0.717) is 34.4 Å². The number of carbonyl (C=O) groups excluding carboxylic acids is 1. The van der Waals surface area contributed by atoms with Crippen LogP contribution in [0.25, 0.3) is 23.6 Å². The second-order valence-electron chi connectivity index (χ2n) is 7.05. The number of aryl methyl sites for hydroxylation is 1. The van der Waals surface area contributed by atoms with Crippen molar-refractivity contribution in [3.8, 4) is 28.6 Å². The fourth-order valence-electron chi connectivity index (χ4n) is 3.24. The molecule has 1 aliphatic rings. The van der Waals surface area contributed by atoms with E-state index in [2.05, 4.69) is 27.1 Å². The van der Waals surface area contributed by atoms with E-state index in [1.165, 1.54) is 4.63 Å². The number of benzene rings is 2. The van der Waals surface area contributed by atoms with Crippen molar-refractivity contribution in [1.29, 1.82) is 0 Å². The van der Waals surface area contributed by atoms with E-state index in [4.69, 9.17) is 14.2 Å². The first kappa shape index (κ1) is 18.9. The van der Waals surface area contributed by atoms with Gasteiger partial charge in [0.05, 0.1) is 18.7 Å². The number of fused-ring (bicyclic) bond motifs is 2. The number of nitrogens with zero attached hydrogens (tertiary/aromatic N) is 4. The van der Waals surface area contributed by atoms with Gasteiger partial charge in [-0.05, 0) is 31.2 Å². The summed E-state index contributed by atoms with van der Waals surface area (Å²) in [5.74, 6) is 2.31. The molecule has 0 aliphatic carbocycles. The molecule has 0 fully saturated rings. The molecule has 9 nitrogen and oxygen atoms in total. The Balaban J connectivity index is 1.20. The Bertz CT molecular complexity index is 1330. The molecule has 5 rings (SSSR count). The van der Waals surface area contributed by atoms with Crippen molar-refractivity contribution in [3.63, 3.8) is 0 Å². The third kappa shape index (κ3) is 3.73. The monoisotopic (exact) mass is 417 g/mol. The average Bonchev–Trinajstić information content (AvgIpc) is 3.45. The summed E-state index contributed by atoms with van der Waals surface area (Å²) < 4.78 is 17.7. The number of hydrogen-bond acceptors (Lipinski definition) is 7. The van der Waals surface area contributed by atoms with Crippen molar-refractivity contribution in [1.82, 2.24) is 19.8 Å². The molecule has 9 heteroatoms. The zero-order valence-corrected chi connectivity index (χ0v) is 16.8. The third-order valence-corrected chi connectivity index (χ3v) is 4.89. The first-order valence-electron chi connectivity index (χ1n) is 9.72. The normalized spacial score (nSPS) is 12.3. The molecule has 31 heavy (non-hydrogen) atoms. The van der Waals surface area contributed by atoms with Crippen molar-refractivity contribution >= 4 is 23.8 Å². The molecule has 0 saturated carbocycles. The van der Waals surface area contributed by atoms with Gasteiger partial charge in [0, 0.05) is 22.5 Å². The molecule has 1 amide bonds. The van der Waals surface area contributed by atoms with Gasteiger partial charge in [0.15, 0.2) is 23.0 Å². The lowest BCUT2D eigenvalue weighted by Crippen LogP contribution is -2.15. The van der Waals surface area contributed by atoms with Gasteiger partial charge in [0.2, 0.25) is 12.7 Å². The summed E-state index contributed by atoms with van der Waals surface area (Å²) in [6, 6.07) is 12.7. The summed E-state index contributed by atoms with van der Waals surface area (Å²) in [5, 5.41) is 12.3. The van der Waals surface area contributed by atoms with Crippen LogP contribution in [0, 0.1) is 6.92 Å². The largest absolute Gasteiger partial charge is 0.493 e. The molecule has 0 saturated heterocycles. The molecular formula is C22H19N5O4. The van der Waals surface area contributed by atoms with E-state index in [1.54, 1.807) is 18.2 Å². The maximum Gasteiger partial charge on any atom is 0.231 e. The maximum atomic E-state index is 12.3. The Labute approximate surface area is 177 Å². The topological polar surface area (TPSA) is 99.9 Å². The molecule has 4 aromatic rings. The highest BCUT2D eigenvalue weighted by molar-refractivity contribution is 5.91. The molecule has 2 aromatic carbocycles. The second-order valence-corrected chi connectivity index (χ2v) is 7.05. The molecule has 3 heterocycles. The summed E-state index contributed by atoms with van der Waals surface area (Å²) >= 11 is 0. The minimum atomic E-state index is -0.160. The Morgan fingerprint density at radius 1 is 1.19 bits per heavy atom. The number of ether oxygens (including phenoxy) is 3. The van der Waals surface area contributed by atoms with Crippen LogP contribution in [0.3, 0.4) is 0 Å². The zero-order chi connectivity index (χ0) is 21.4. The molecule has 156 valence electrons. The Hall–Kier alpha value is -4.14. The van der Waals surface area contributed by atoms with E-state index in [-0.39, 0.29) is 25.7 Å². The van der Waals surface area contributed by atoms with E-state index in [0.717, 1.165) is 16.5 Å². The zero-order valence-electron chi connectivity index (χ0n) is 16.8. The van der Waals surface area contributed by atoms with Gasteiger partial charge in [-0.3, -0.25) is 4.79 Å². The predicted octanol–water partition coefficient (Wildman–Crippen LogP) is 2.37. The number of hydrogen-bond donors (Lipinski definition) is 1. The summed E-state index contributed by atoms with van der Waals surface area (Å²) in [5.41, 5.74) is 2.85. The number of nitrogens with one attached hydrogen (secondary N) is 1. The molecule has 0 bridgehead atoms. The predicted molar refractivity (Wildman–Crippen MR) is 113 cm³/mol. The van der Waals surface area contributed by atoms with Crippen LogP contribution in [-0.4, -0.2) is 39.1 Å². The van der Waals surface area contributed by atoms with Crippen LogP contribution in [0.1, 0.15) is 12.1 Å². The van der Waals surface area contributed by atoms with Gasteiger partial charge in [-0.25, -0.2) is 4.98 Å². The van der Waals surface area contributed by atoms with Gasteiger partial charge < -0.3 is 19.5 Å². The van der Waals surface area contributed by atoms with Gasteiger partial charge in [0.25, 0.3) is 0 Å². The lowest BCUT2D eigenvalue weighted by Gasteiger charge is -2.08. The van der Waals surface area contributed by atoms with Gasteiger partial charge >= 0.3 is 0 Å². The molecule has 0 spiro atoms. The van der Waals surface area contributed by atoms with Crippen molar-refractivity contribution in [2.45, 2.75) is 13.3 Å². The molecule has 0 unspecified atom stereocenters. The van der Waals surface area contributed by atoms with Crippen molar-refractivity contribution in [2.75, 3.05) is 18.7 Å². The summed E-state index contributed by atoms with van der Waals surface area (Å²) in [6.45, 7) is 6.28. The van der Waals surface area contributed by atoms with E-state index in [9.17, 15) is 4.79 Å². The van der Waals surface area contributed by atoms with Crippen LogP contribution in [0.15, 0.2) is 42.5 Å². The lowest BCUT2D eigenvalue weighted by atomic mass is 10.2. The second kappa shape index (κ2) is 7.60. The highest BCUT2D eigenvalue weighted by Gasteiger charge is 2.14. The molecule has 0 radical (unpaired) electrons. The van der Waals surface area contributed by atoms with Gasteiger partial charge in [-0.1, -0.05) is 18.7 Å². The Kier molecular flexibility index (Phi) is 4.62.